The van der Waals surface area contributed by atoms with Gasteiger partial charge < -0.3 is 5.73 Å². The van der Waals surface area contributed by atoms with E-state index >= 15 is 0 Å². The zero-order valence-electron chi connectivity index (χ0n) is 9.22. The van der Waals surface area contributed by atoms with Gasteiger partial charge in [-0.3, -0.25) is 0 Å². The lowest BCUT2D eigenvalue weighted by molar-refractivity contribution is 0.145. The minimum Gasteiger partial charge on any atom is -0.330 e. The molecule has 0 radical (unpaired) electrons. The van der Waals surface area contributed by atoms with E-state index in [0.717, 1.165) is 18.0 Å². The second-order valence-electron chi connectivity index (χ2n) is 4.83. The van der Waals surface area contributed by atoms with Gasteiger partial charge in [-0.15, -0.1) is 0 Å². The summed E-state index contributed by atoms with van der Waals surface area (Å²) in [5, 5.41) is 0.898. The Labute approximate surface area is 96.6 Å². The first-order chi connectivity index (χ1) is 7.15. The van der Waals surface area contributed by atoms with E-state index in [-0.39, 0.29) is 0 Å². The Morgan fingerprint density at radius 1 is 1.40 bits per heavy atom. The van der Waals surface area contributed by atoms with Crippen LogP contribution in [0.2, 0.25) is 5.02 Å². The van der Waals surface area contributed by atoms with Crippen LogP contribution in [-0.4, -0.2) is 6.54 Å². The summed E-state index contributed by atoms with van der Waals surface area (Å²) in [6.07, 6.45) is 4.88. The highest BCUT2D eigenvalue weighted by Crippen LogP contribution is 2.43. The maximum atomic E-state index is 6.23. The summed E-state index contributed by atoms with van der Waals surface area (Å²) in [4.78, 5) is 0. The standard InChI is InChI=1S/C13H18ClN/c1-10-3-4-11(12(14)7-10)8-13(9-15)5-2-6-13/h3-4,7H,2,5-6,8-9,15H2,1H3. The Morgan fingerprint density at radius 2 is 2.13 bits per heavy atom. The van der Waals surface area contributed by atoms with Crippen LogP contribution in [-0.2, 0) is 6.42 Å². The molecule has 1 aromatic carbocycles. The van der Waals surface area contributed by atoms with E-state index in [0.29, 0.717) is 5.41 Å². The van der Waals surface area contributed by atoms with Gasteiger partial charge in [0, 0.05) is 5.02 Å². The van der Waals surface area contributed by atoms with Gasteiger partial charge in [-0.2, -0.15) is 0 Å². The number of nitrogens with two attached hydrogens (primary N) is 1. The minimum absolute atomic E-state index is 0.346. The molecule has 2 heteroatoms. The third-order valence-electron chi connectivity index (χ3n) is 3.62. The zero-order chi connectivity index (χ0) is 10.9. The molecule has 2 N–H and O–H groups in total. The van der Waals surface area contributed by atoms with E-state index in [2.05, 4.69) is 19.1 Å². The van der Waals surface area contributed by atoms with Crippen molar-refractivity contribution in [2.24, 2.45) is 11.1 Å². The number of halogens is 1. The highest BCUT2D eigenvalue weighted by Gasteiger charge is 2.35. The summed E-state index contributed by atoms with van der Waals surface area (Å²) in [5.41, 5.74) is 8.68. The molecule has 1 aromatic rings. The maximum absolute atomic E-state index is 6.23. The fraction of sp³-hybridized carbons (Fsp3) is 0.538. The van der Waals surface area contributed by atoms with Crippen molar-refractivity contribution in [3.8, 4) is 0 Å². The number of rotatable bonds is 3. The average molecular weight is 224 g/mol. The number of aryl methyl sites for hydroxylation is 1. The topological polar surface area (TPSA) is 26.0 Å². The molecule has 0 bridgehead atoms. The monoisotopic (exact) mass is 223 g/mol. The van der Waals surface area contributed by atoms with Crippen LogP contribution in [0.1, 0.15) is 30.4 Å². The molecule has 0 atom stereocenters. The van der Waals surface area contributed by atoms with Crippen LogP contribution >= 0.6 is 11.6 Å². The van der Waals surface area contributed by atoms with Crippen molar-refractivity contribution < 1.29 is 0 Å². The molecule has 1 saturated carbocycles. The van der Waals surface area contributed by atoms with E-state index in [9.17, 15) is 0 Å². The van der Waals surface area contributed by atoms with Crippen molar-refractivity contribution in [1.82, 2.24) is 0 Å². The largest absolute Gasteiger partial charge is 0.330 e. The lowest BCUT2D eigenvalue weighted by atomic mass is 9.65. The summed E-state index contributed by atoms with van der Waals surface area (Å²) < 4.78 is 0. The normalized spacial score (nSPS) is 18.6. The number of benzene rings is 1. The quantitative estimate of drug-likeness (QED) is 0.836. The predicted octanol–water partition coefficient (Wildman–Crippen LogP) is 3.32. The maximum Gasteiger partial charge on any atom is 0.0440 e. The van der Waals surface area contributed by atoms with Crippen molar-refractivity contribution in [1.29, 1.82) is 0 Å². The molecule has 0 heterocycles. The molecule has 0 aliphatic heterocycles. The van der Waals surface area contributed by atoms with E-state index < -0.39 is 0 Å². The molecule has 15 heavy (non-hydrogen) atoms. The summed E-state index contributed by atoms with van der Waals surface area (Å²) in [6, 6.07) is 6.32. The van der Waals surface area contributed by atoms with Gasteiger partial charge in [0.25, 0.3) is 0 Å². The van der Waals surface area contributed by atoms with Gasteiger partial charge >= 0.3 is 0 Å². The van der Waals surface area contributed by atoms with Gasteiger partial charge in [-0.05, 0) is 55.3 Å². The van der Waals surface area contributed by atoms with Gasteiger partial charge in [0.2, 0.25) is 0 Å². The third kappa shape index (κ3) is 2.19. The molecule has 82 valence electrons. The van der Waals surface area contributed by atoms with Crippen LogP contribution < -0.4 is 5.73 Å². The summed E-state index contributed by atoms with van der Waals surface area (Å²) >= 11 is 6.23. The van der Waals surface area contributed by atoms with Crippen LogP contribution in [0.25, 0.3) is 0 Å². The van der Waals surface area contributed by atoms with E-state index in [1.807, 2.05) is 6.07 Å². The molecule has 0 spiro atoms. The molecule has 1 aliphatic carbocycles. The first kappa shape index (κ1) is 11.0. The smallest absolute Gasteiger partial charge is 0.0440 e. The van der Waals surface area contributed by atoms with Crippen LogP contribution in [0, 0.1) is 12.3 Å². The van der Waals surface area contributed by atoms with Crippen LogP contribution in [0.5, 0.6) is 0 Å². The zero-order valence-corrected chi connectivity index (χ0v) is 9.98. The van der Waals surface area contributed by atoms with Gasteiger partial charge in [-0.1, -0.05) is 30.2 Å². The molecule has 1 fully saturated rings. The highest BCUT2D eigenvalue weighted by molar-refractivity contribution is 6.31. The van der Waals surface area contributed by atoms with Crippen molar-refractivity contribution in [3.05, 3.63) is 34.3 Å². The van der Waals surface area contributed by atoms with Crippen LogP contribution in [0.15, 0.2) is 18.2 Å². The van der Waals surface area contributed by atoms with Crippen molar-refractivity contribution in [2.45, 2.75) is 32.6 Å². The van der Waals surface area contributed by atoms with Crippen LogP contribution in [0.3, 0.4) is 0 Å². The van der Waals surface area contributed by atoms with E-state index in [1.165, 1.54) is 30.4 Å². The molecule has 1 nitrogen and oxygen atoms in total. The Morgan fingerprint density at radius 3 is 2.60 bits per heavy atom. The van der Waals surface area contributed by atoms with Crippen molar-refractivity contribution in [3.63, 3.8) is 0 Å². The fourth-order valence-electron chi connectivity index (χ4n) is 2.33. The third-order valence-corrected chi connectivity index (χ3v) is 3.97. The molecule has 0 unspecified atom stereocenters. The summed E-state index contributed by atoms with van der Waals surface area (Å²) in [7, 11) is 0. The molecular weight excluding hydrogens is 206 g/mol. The average Bonchev–Trinajstić information content (AvgIpc) is 2.14. The fourth-order valence-corrected chi connectivity index (χ4v) is 2.63. The molecule has 0 aromatic heterocycles. The van der Waals surface area contributed by atoms with E-state index in [1.54, 1.807) is 0 Å². The molecule has 0 amide bonds. The first-order valence-electron chi connectivity index (χ1n) is 5.60. The summed E-state index contributed by atoms with van der Waals surface area (Å²) in [5.74, 6) is 0. The Balaban J connectivity index is 2.16. The summed E-state index contributed by atoms with van der Waals surface area (Å²) in [6.45, 7) is 2.86. The number of hydrogen-bond acceptors (Lipinski definition) is 1. The predicted molar refractivity (Wildman–Crippen MR) is 65.2 cm³/mol. The van der Waals surface area contributed by atoms with Crippen molar-refractivity contribution in [2.75, 3.05) is 6.54 Å². The second kappa shape index (κ2) is 4.15. The van der Waals surface area contributed by atoms with Gasteiger partial charge in [0.05, 0.1) is 0 Å². The molecule has 2 rings (SSSR count). The highest BCUT2D eigenvalue weighted by atomic mass is 35.5. The van der Waals surface area contributed by atoms with Crippen molar-refractivity contribution >= 4 is 11.6 Å². The second-order valence-corrected chi connectivity index (χ2v) is 5.24. The lowest BCUT2D eigenvalue weighted by Crippen LogP contribution is -2.39. The molecular formula is C13H18ClN. The van der Waals surface area contributed by atoms with Gasteiger partial charge in [0.15, 0.2) is 0 Å². The van der Waals surface area contributed by atoms with Gasteiger partial charge in [-0.25, -0.2) is 0 Å². The Kier molecular flexibility index (Phi) is 3.03. The first-order valence-corrected chi connectivity index (χ1v) is 5.98. The van der Waals surface area contributed by atoms with E-state index in [4.69, 9.17) is 17.3 Å². The minimum atomic E-state index is 0.346. The SMILES string of the molecule is Cc1ccc(CC2(CN)CCC2)c(Cl)c1. The van der Waals surface area contributed by atoms with Gasteiger partial charge in [0.1, 0.15) is 0 Å². The number of hydrogen-bond donors (Lipinski definition) is 1. The Bertz CT molecular complexity index is 350. The Hall–Kier alpha value is -0.530. The lowest BCUT2D eigenvalue weighted by Gasteiger charge is -2.41. The molecule has 1 aliphatic rings. The molecule has 0 saturated heterocycles. The van der Waals surface area contributed by atoms with Crippen LogP contribution in [0.4, 0.5) is 0 Å².